The summed E-state index contributed by atoms with van der Waals surface area (Å²) in [5.41, 5.74) is 3.26. The van der Waals surface area contributed by atoms with Crippen molar-refractivity contribution >= 4 is 39.8 Å². The molecule has 1 aliphatic rings. The number of fused-ring (bicyclic) bond motifs is 1. The number of hydrogen-bond acceptors (Lipinski definition) is 10. The van der Waals surface area contributed by atoms with E-state index in [2.05, 4.69) is 38.2 Å². The van der Waals surface area contributed by atoms with E-state index >= 15 is 0 Å². The Balaban J connectivity index is 1.33. The van der Waals surface area contributed by atoms with Gasteiger partial charge in [0, 0.05) is 38.1 Å². The third-order valence-corrected chi connectivity index (χ3v) is 7.30. The highest BCUT2D eigenvalue weighted by Gasteiger charge is 2.24. The number of hydrogen-bond donors (Lipinski definition) is 1. The van der Waals surface area contributed by atoms with E-state index in [-0.39, 0.29) is 29.7 Å². The maximum atomic E-state index is 12.3. The van der Waals surface area contributed by atoms with Crippen molar-refractivity contribution in [2.75, 3.05) is 49.9 Å². The van der Waals surface area contributed by atoms with Crippen molar-refractivity contribution in [3.8, 4) is 11.6 Å². The maximum absolute atomic E-state index is 12.3. The van der Waals surface area contributed by atoms with Crippen molar-refractivity contribution in [3.05, 3.63) is 87.5 Å². The Morgan fingerprint density at radius 2 is 1.93 bits per heavy atom. The summed E-state index contributed by atoms with van der Waals surface area (Å²) < 4.78 is 11.3. The van der Waals surface area contributed by atoms with Gasteiger partial charge in [-0.05, 0) is 36.8 Å². The number of hydroxylamine groups is 1. The van der Waals surface area contributed by atoms with E-state index in [0.717, 1.165) is 72.6 Å². The highest BCUT2D eigenvalue weighted by Crippen LogP contribution is 2.35. The molecule has 2 aromatic carbocycles. The summed E-state index contributed by atoms with van der Waals surface area (Å²) in [6.07, 6.45) is 0.835. The number of pyridine rings is 1. The van der Waals surface area contributed by atoms with E-state index in [1.165, 1.54) is 5.06 Å². The molecule has 0 aliphatic carbocycles. The van der Waals surface area contributed by atoms with E-state index in [1.807, 2.05) is 36.4 Å². The molecule has 1 saturated heterocycles. The molecular formula is C30H31ClN6O5. The van der Waals surface area contributed by atoms with Crippen LogP contribution in [0.2, 0.25) is 5.02 Å². The summed E-state index contributed by atoms with van der Waals surface area (Å²) in [4.78, 5) is 38.3. The Hall–Kier alpha value is -4.57. The van der Waals surface area contributed by atoms with Crippen molar-refractivity contribution in [2.24, 2.45) is 0 Å². The smallest absolute Gasteiger partial charge is 0.285 e. The van der Waals surface area contributed by atoms with Crippen molar-refractivity contribution in [3.63, 3.8) is 0 Å². The molecule has 0 amide bonds. The molecule has 11 nitrogen and oxygen atoms in total. The normalized spacial score (nSPS) is 13.5. The van der Waals surface area contributed by atoms with Gasteiger partial charge in [-0.3, -0.25) is 14.7 Å². The quantitative estimate of drug-likeness (QED) is 0.156. The number of halogens is 1. The second kappa shape index (κ2) is 13.4. The molecule has 1 aliphatic heterocycles. The number of rotatable bonds is 11. The lowest BCUT2D eigenvalue weighted by atomic mass is 10.1. The molecule has 0 bridgehead atoms. The second-order valence-corrected chi connectivity index (χ2v) is 9.97. The Morgan fingerprint density at radius 1 is 1.12 bits per heavy atom. The molecule has 42 heavy (non-hydrogen) atoms. The molecule has 0 spiro atoms. The summed E-state index contributed by atoms with van der Waals surface area (Å²) in [6, 6.07) is 18.1. The highest BCUT2D eigenvalue weighted by molar-refractivity contribution is 6.33. The Kier molecular flexibility index (Phi) is 9.23. The Bertz CT molecular complexity index is 1650. The number of anilines is 2. The lowest BCUT2D eigenvalue weighted by Gasteiger charge is -2.36. The van der Waals surface area contributed by atoms with Crippen LogP contribution >= 0.6 is 11.6 Å². The van der Waals surface area contributed by atoms with Gasteiger partial charge in [-0.15, -0.1) is 5.10 Å². The van der Waals surface area contributed by atoms with Crippen LogP contribution in [0.1, 0.15) is 18.2 Å². The van der Waals surface area contributed by atoms with E-state index in [4.69, 9.17) is 30.9 Å². The van der Waals surface area contributed by atoms with Gasteiger partial charge in [-0.1, -0.05) is 41.9 Å². The Morgan fingerprint density at radius 3 is 2.69 bits per heavy atom. The third kappa shape index (κ3) is 6.49. The van der Waals surface area contributed by atoms with Crippen LogP contribution < -0.4 is 25.0 Å². The van der Waals surface area contributed by atoms with Crippen molar-refractivity contribution in [1.82, 2.24) is 20.1 Å². The highest BCUT2D eigenvalue weighted by atomic mass is 35.5. The number of aromatic nitrogens is 3. The van der Waals surface area contributed by atoms with Crippen molar-refractivity contribution in [2.45, 2.75) is 20.0 Å². The summed E-state index contributed by atoms with van der Waals surface area (Å²) in [5.74, 6) is 2.38. The molecule has 2 aromatic heterocycles. The van der Waals surface area contributed by atoms with Gasteiger partial charge < -0.3 is 19.2 Å². The number of para-hydroxylation sites is 1. The first-order valence-electron chi connectivity index (χ1n) is 13.5. The van der Waals surface area contributed by atoms with Gasteiger partial charge in [0.1, 0.15) is 10.8 Å². The number of nitrogens with zero attached hydrogens (tertiary/aromatic N) is 5. The number of nitrogens with one attached hydrogen (secondary N) is 1. The summed E-state index contributed by atoms with van der Waals surface area (Å²) in [6.45, 7) is 6.23. The van der Waals surface area contributed by atoms with E-state index in [1.54, 1.807) is 20.0 Å². The first-order chi connectivity index (χ1) is 20.5. The van der Waals surface area contributed by atoms with Crippen molar-refractivity contribution in [1.29, 1.82) is 0 Å². The summed E-state index contributed by atoms with van der Waals surface area (Å²) in [5, 5.41) is 8.48. The van der Waals surface area contributed by atoms with Gasteiger partial charge in [-0.25, -0.2) is 9.89 Å². The molecule has 218 valence electrons. The molecule has 0 unspecified atom stereocenters. The number of carbonyl (C=O) groups excluding carboxylic acids is 1. The van der Waals surface area contributed by atoms with Gasteiger partial charge in [0.05, 0.1) is 37.2 Å². The zero-order chi connectivity index (χ0) is 29.5. The molecule has 5 rings (SSSR count). The lowest BCUT2D eigenvalue weighted by Crippen LogP contribution is -2.46. The van der Waals surface area contributed by atoms with Crippen LogP contribution in [-0.4, -0.2) is 65.9 Å². The summed E-state index contributed by atoms with van der Waals surface area (Å²) >= 11 is 6.34. The molecule has 4 aromatic rings. The fraction of sp³-hybridized carbons (Fsp3) is 0.300. The van der Waals surface area contributed by atoms with Crippen molar-refractivity contribution < 1.29 is 19.1 Å². The molecule has 12 heteroatoms. The third-order valence-electron chi connectivity index (χ3n) is 6.95. The van der Waals surface area contributed by atoms with Crippen LogP contribution in [0.5, 0.6) is 11.6 Å². The van der Waals surface area contributed by atoms with E-state index < -0.39 is 5.56 Å². The Labute approximate surface area is 247 Å². The maximum Gasteiger partial charge on any atom is 0.285 e. The van der Waals surface area contributed by atoms with Crippen LogP contribution in [-0.2, 0) is 22.7 Å². The summed E-state index contributed by atoms with van der Waals surface area (Å²) in [7, 11) is 1.64. The van der Waals surface area contributed by atoms with Crippen LogP contribution in [0.3, 0.4) is 0 Å². The number of piperazine rings is 1. The van der Waals surface area contributed by atoms with E-state index in [0.29, 0.717) is 0 Å². The number of benzene rings is 2. The minimum absolute atomic E-state index is 0.0622. The zero-order valence-corrected chi connectivity index (χ0v) is 24.1. The van der Waals surface area contributed by atoms with Gasteiger partial charge in [0.25, 0.3) is 11.4 Å². The van der Waals surface area contributed by atoms with Gasteiger partial charge in [0.15, 0.2) is 11.6 Å². The SMILES string of the molecule is CCOc1n[nH]c(=O)c(Cl)c1N(Cc1ccc(OC)c(N2CCN(Cc3ccc4ccccc4n3)CC2)c1)OC=C=O. The van der Waals surface area contributed by atoms with E-state index in [9.17, 15) is 9.59 Å². The van der Waals surface area contributed by atoms with Crippen LogP contribution in [0, 0.1) is 0 Å². The fourth-order valence-electron chi connectivity index (χ4n) is 4.93. The predicted octanol–water partition coefficient (Wildman–Crippen LogP) is 3.98. The molecular weight excluding hydrogens is 560 g/mol. The largest absolute Gasteiger partial charge is 0.495 e. The topological polar surface area (TPSA) is 113 Å². The van der Waals surface area contributed by atoms with Crippen LogP contribution in [0.4, 0.5) is 11.4 Å². The number of methoxy groups -OCH3 is 1. The average molecular weight is 591 g/mol. The molecule has 0 saturated carbocycles. The molecule has 1 N–H and O–H groups in total. The van der Waals surface area contributed by atoms with Gasteiger partial charge >= 0.3 is 0 Å². The number of ether oxygens (including phenoxy) is 2. The molecule has 0 atom stereocenters. The number of aromatic amines is 1. The van der Waals surface area contributed by atoms with Gasteiger partial charge in [-0.2, -0.15) is 5.06 Å². The first-order valence-corrected chi connectivity index (χ1v) is 13.9. The second-order valence-electron chi connectivity index (χ2n) is 9.60. The minimum atomic E-state index is -0.619. The van der Waals surface area contributed by atoms with Crippen LogP contribution in [0.25, 0.3) is 10.9 Å². The fourth-order valence-corrected chi connectivity index (χ4v) is 5.15. The zero-order valence-electron chi connectivity index (χ0n) is 23.4. The number of H-pyrrole nitrogens is 1. The van der Waals surface area contributed by atoms with Gasteiger partial charge in [0.2, 0.25) is 6.26 Å². The first kappa shape index (κ1) is 28.9. The minimum Gasteiger partial charge on any atom is -0.495 e. The molecule has 3 heterocycles. The molecule has 1 fully saturated rings. The average Bonchev–Trinajstić information content (AvgIpc) is 3.02. The monoisotopic (exact) mass is 590 g/mol. The molecule has 0 radical (unpaired) electrons. The van der Waals surface area contributed by atoms with Crippen LogP contribution in [0.15, 0.2) is 65.7 Å². The predicted molar refractivity (Wildman–Crippen MR) is 161 cm³/mol. The standard InChI is InChI=1S/C30H31ClN6O5/c1-3-41-30-28(27(31)29(39)33-34-30)37(42-17-16-38)19-21-8-11-26(40-2)25(18-21)36-14-12-35(13-15-36)20-23-10-9-22-6-4-5-7-24(22)32-23/h4-11,17-18H,3,12-15,19-20H2,1-2H3,(H,33,39). The lowest BCUT2D eigenvalue weighted by molar-refractivity contribution is 0.206.